The Hall–Kier alpha value is -1.35. The van der Waals surface area contributed by atoms with Crippen molar-refractivity contribution < 1.29 is 0 Å². The van der Waals surface area contributed by atoms with E-state index in [0.717, 1.165) is 18.9 Å². The molecule has 1 saturated carbocycles. The van der Waals surface area contributed by atoms with Crippen molar-refractivity contribution in [2.45, 2.75) is 32.6 Å². The minimum atomic E-state index is 0.673. The highest BCUT2D eigenvalue weighted by Gasteiger charge is 2.28. The predicted octanol–water partition coefficient (Wildman–Crippen LogP) is 3.13. The van der Waals surface area contributed by atoms with Crippen LogP contribution < -0.4 is 5.73 Å². The van der Waals surface area contributed by atoms with E-state index in [1.807, 2.05) is 11.7 Å². The normalized spacial score (nSPS) is 27.1. The molecule has 3 unspecified atom stereocenters. The molecule has 1 aliphatic rings. The van der Waals surface area contributed by atoms with Crippen LogP contribution in [-0.2, 0) is 13.5 Å². The van der Waals surface area contributed by atoms with Crippen LogP contribution in [0.4, 0.5) is 0 Å². The van der Waals surface area contributed by atoms with Crippen molar-refractivity contribution in [3.63, 3.8) is 0 Å². The fourth-order valence-corrected chi connectivity index (χ4v) is 3.81. The summed E-state index contributed by atoms with van der Waals surface area (Å²) in [5.41, 5.74) is 8.47. The number of hydrogen-bond donors (Lipinski definition) is 1. The molecule has 1 aliphatic carbocycles. The molecule has 0 radical (unpaired) electrons. The zero-order valence-electron chi connectivity index (χ0n) is 12.5. The Bertz CT molecular complexity index is 587. The molecule has 20 heavy (non-hydrogen) atoms. The van der Waals surface area contributed by atoms with Crippen LogP contribution in [0.3, 0.4) is 0 Å². The van der Waals surface area contributed by atoms with Gasteiger partial charge in [0.2, 0.25) is 0 Å². The smallest absolute Gasteiger partial charge is 0.0706 e. The van der Waals surface area contributed by atoms with Crippen LogP contribution >= 0.6 is 0 Å². The van der Waals surface area contributed by atoms with Gasteiger partial charge in [-0.15, -0.1) is 0 Å². The number of nitrogens with zero attached hydrogens (tertiary/aromatic N) is 2. The molecule has 0 aliphatic heterocycles. The highest BCUT2D eigenvalue weighted by atomic mass is 15.3. The lowest BCUT2D eigenvalue weighted by atomic mass is 9.72. The third-order valence-corrected chi connectivity index (χ3v) is 4.99. The Morgan fingerprint density at radius 2 is 2.05 bits per heavy atom. The molecular formula is C17H25N3. The van der Waals surface area contributed by atoms with Gasteiger partial charge in [0, 0.05) is 12.4 Å². The highest BCUT2D eigenvalue weighted by Crippen LogP contribution is 2.36. The Labute approximate surface area is 121 Å². The summed E-state index contributed by atoms with van der Waals surface area (Å²) in [5, 5.41) is 6.06. The van der Waals surface area contributed by atoms with Gasteiger partial charge in [-0.25, -0.2) is 0 Å². The molecule has 3 nitrogen and oxygen atoms in total. The summed E-state index contributed by atoms with van der Waals surface area (Å²) in [6.45, 7) is 3.19. The molecule has 2 aromatic rings. The zero-order valence-corrected chi connectivity index (χ0v) is 12.5. The molecule has 3 rings (SSSR count). The molecule has 108 valence electrons. The first-order valence-corrected chi connectivity index (χ1v) is 7.79. The van der Waals surface area contributed by atoms with E-state index >= 15 is 0 Å². The van der Waals surface area contributed by atoms with Crippen LogP contribution in [0.2, 0.25) is 0 Å². The molecule has 2 N–H and O–H groups in total. The number of rotatable bonds is 3. The maximum atomic E-state index is 5.98. The lowest BCUT2D eigenvalue weighted by molar-refractivity contribution is 0.192. The van der Waals surface area contributed by atoms with E-state index in [9.17, 15) is 0 Å². The van der Waals surface area contributed by atoms with Gasteiger partial charge in [0.05, 0.1) is 11.2 Å². The van der Waals surface area contributed by atoms with Gasteiger partial charge in [-0.3, -0.25) is 4.68 Å². The van der Waals surface area contributed by atoms with Crippen LogP contribution in [-0.4, -0.2) is 16.3 Å². The number of nitrogens with two attached hydrogens (primary N) is 1. The van der Waals surface area contributed by atoms with Gasteiger partial charge >= 0.3 is 0 Å². The number of hydrogen-bond acceptors (Lipinski definition) is 2. The van der Waals surface area contributed by atoms with E-state index in [-0.39, 0.29) is 0 Å². The second kappa shape index (κ2) is 5.57. The number of aryl methyl sites for hydroxylation is 1. The second-order valence-electron chi connectivity index (χ2n) is 6.47. The fraction of sp³-hybridized carbons (Fsp3) is 0.588. The van der Waals surface area contributed by atoms with Crippen molar-refractivity contribution in [2.75, 3.05) is 6.54 Å². The van der Waals surface area contributed by atoms with E-state index in [4.69, 9.17) is 10.8 Å². The molecule has 0 amide bonds. The van der Waals surface area contributed by atoms with Gasteiger partial charge < -0.3 is 5.73 Å². The minimum Gasteiger partial charge on any atom is -0.330 e. The van der Waals surface area contributed by atoms with Crippen molar-refractivity contribution in [3.05, 3.63) is 30.0 Å². The first-order chi connectivity index (χ1) is 9.69. The quantitative estimate of drug-likeness (QED) is 0.932. The highest BCUT2D eigenvalue weighted by molar-refractivity contribution is 5.81. The summed E-state index contributed by atoms with van der Waals surface area (Å²) in [6, 6.07) is 8.54. The number of benzene rings is 1. The first kappa shape index (κ1) is 13.6. The molecule has 0 saturated heterocycles. The molecular weight excluding hydrogens is 246 g/mol. The van der Waals surface area contributed by atoms with Gasteiger partial charge in [-0.1, -0.05) is 31.5 Å². The van der Waals surface area contributed by atoms with Gasteiger partial charge in [-0.2, -0.15) is 5.10 Å². The minimum absolute atomic E-state index is 0.673. The van der Waals surface area contributed by atoms with Crippen LogP contribution in [0.1, 0.15) is 31.9 Å². The van der Waals surface area contributed by atoms with Crippen LogP contribution in [0.5, 0.6) is 0 Å². The number of fused-ring (bicyclic) bond motifs is 1. The maximum Gasteiger partial charge on any atom is 0.0706 e. The Morgan fingerprint density at radius 3 is 2.85 bits per heavy atom. The SMILES string of the molecule is CC1CCC(CN)C(Cc2nn(C)c3ccccc23)C1. The molecule has 1 fully saturated rings. The van der Waals surface area contributed by atoms with Gasteiger partial charge in [0.1, 0.15) is 0 Å². The summed E-state index contributed by atoms with van der Waals surface area (Å²) in [7, 11) is 2.04. The van der Waals surface area contributed by atoms with Gasteiger partial charge in [-0.05, 0) is 49.6 Å². The fourth-order valence-electron chi connectivity index (χ4n) is 3.81. The van der Waals surface area contributed by atoms with Crippen molar-refractivity contribution in [1.29, 1.82) is 0 Å². The first-order valence-electron chi connectivity index (χ1n) is 7.79. The summed E-state index contributed by atoms with van der Waals surface area (Å²) < 4.78 is 2.01. The van der Waals surface area contributed by atoms with Crippen molar-refractivity contribution in [3.8, 4) is 0 Å². The van der Waals surface area contributed by atoms with Crippen LogP contribution in [0.25, 0.3) is 10.9 Å². The molecule has 0 spiro atoms. The number of aromatic nitrogens is 2. The largest absolute Gasteiger partial charge is 0.330 e. The molecule has 1 aromatic heterocycles. The van der Waals surface area contributed by atoms with E-state index < -0.39 is 0 Å². The molecule has 3 atom stereocenters. The monoisotopic (exact) mass is 271 g/mol. The Kier molecular flexibility index (Phi) is 3.79. The van der Waals surface area contributed by atoms with Gasteiger partial charge in [0.15, 0.2) is 0 Å². The Balaban J connectivity index is 1.88. The van der Waals surface area contributed by atoms with E-state index in [1.54, 1.807) is 0 Å². The zero-order chi connectivity index (χ0) is 14.1. The Morgan fingerprint density at radius 1 is 1.25 bits per heavy atom. The van der Waals surface area contributed by atoms with Crippen molar-refractivity contribution >= 4 is 10.9 Å². The van der Waals surface area contributed by atoms with Gasteiger partial charge in [0.25, 0.3) is 0 Å². The lowest BCUT2D eigenvalue weighted by Gasteiger charge is -2.34. The van der Waals surface area contributed by atoms with E-state index in [2.05, 4.69) is 31.2 Å². The summed E-state index contributed by atoms with van der Waals surface area (Å²) in [4.78, 5) is 0. The molecule has 1 aromatic carbocycles. The number of para-hydroxylation sites is 1. The van der Waals surface area contributed by atoms with Crippen molar-refractivity contribution in [2.24, 2.45) is 30.5 Å². The third-order valence-electron chi connectivity index (χ3n) is 4.99. The second-order valence-corrected chi connectivity index (χ2v) is 6.47. The van der Waals surface area contributed by atoms with Crippen LogP contribution in [0.15, 0.2) is 24.3 Å². The topological polar surface area (TPSA) is 43.8 Å². The molecule has 0 bridgehead atoms. The maximum absolute atomic E-state index is 5.98. The standard InChI is InChI=1S/C17H25N3/c1-12-7-8-13(11-18)14(9-12)10-16-15-5-3-4-6-17(15)20(2)19-16/h3-6,12-14H,7-11,18H2,1-2H3. The van der Waals surface area contributed by atoms with E-state index in [1.165, 1.54) is 35.9 Å². The summed E-state index contributed by atoms with van der Waals surface area (Å²) in [5.74, 6) is 2.20. The lowest BCUT2D eigenvalue weighted by Crippen LogP contribution is -2.31. The molecule has 1 heterocycles. The van der Waals surface area contributed by atoms with E-state index in [0.29, 0.717) is 11.8 Å². The third kappa shape index (κ3) is 2.47. The predicted molar refractivity (Wildman–Crippen MR) is 83.5 cm³/mol. The average molecular weight is 271 g/mol. The van der Waals surface area contributed by atoms with Crippen molar-refractivity contribution in [1.82, 2.24) is 9.78 Å². The average Bonchev–Trinajstić information content (AvgIpc) is 2.76. The molecule has 3 heteroatoms. The van der Waals surface area contributed by atoms with Crippen LogP contribution in [0, 0.1) is 17.8 Å². The summed E-state index contributed by atoms with van der Waals surface area (Å²) in [6.07, 6.45) is 4.99. The summed E-state index contributed by atoms with van der Waals surface area (Å²) >= 11 is 0.